The van der Waals surface area contributed by atoms with Crippen LogP contribution in [0.3, 0.4) is 0 Å². The van der Waals surface area contributed by atoms with Crippen LogP contribution >= 0.6 is 11.8 Å². The van der Waals surface area contributed by atoms with E-state index in [-0.39, 0.29) is 0 Å². The number of hydrogen-bond donors (Lipinski definition) is 1. The van der Waals surface area contributed by atoms with Crippen LogP contribution in [0, 0.1) is 5.92 Å². The highest BCUT2D eigenvalue weighted by Gasteiger charge is 2.18. The molecule has 0 aliphatic carbocycles. The summed E-state index contributed by atoms with van der Waals surface area (Å²) >= 11 is 2.06. The van der Waals surface area contributed by atoms with E-state index in [9.17, 15) is 0 Å². The summed E-state index contributed by atoms with van der Waals surface area (Å²) in [5.74, 6) is 2.01. The van der Waals surface area contributed by atoms with E-state index < -0.39 is 0 Å². The molecule has 0 saturated heterocycles. The van der Waals surface area contributed by atoms with Gasteiger partial charge < -0.3 is 5.32 Å². The largest absolute Gasteiger partial charge is 0.316 e. The van der Waals surface area contributed by atoms with Gasteiger partial charge in [-0.25, -0.2) is 0 Å². The lowest BCUT2D eigenvalue weighted by molar-refractivity contribution is 0.402. The summed E-state index contributed by atoms with van der Waals surface area (Å²) in [5, 5.41) is 3.44. The van der Waals surface area contributed by atoms with Crippen molar-refractivity contribution in [3.63, 3.8) is 0 Å². The van der Waals surface area contributed by atoms with Gasteiger partial charge in [0, 0.05) is 16.5 Å². The number of hydrogen-bond acceptors (Lipinski definition) is 2. The first-order chi connectivity index (χ1) is 6.40. The molecule has 0 aromatic rings. The third-order valence-electron chi connectivity index (χ3n) is 2.50. The van der Waals surface area contributed by atoms with Crippen LogP contribution in [-0.4, -0.2) is 23.6 Å². The Labute approximate surface area is 94.4 Å². The number of rotatable bonds is 6. The average Bonchev–Trinajstić information content (AvgIpc) is 2.03. The van der Waals surface area contributed by atoms with Gasteiger partial charge in [0.25, 0.3) is 0 Å². The molecule has 1 N–H and O–H groups in total. The summed E-state index contributed by atoms with van der Waals surface area (Å²) in [6.07, 6.45) is 2.62. The Balaban J connectivity index is 3.90. The maximum absolute atomic E-state index is 3.44. The van der Waals surface area contributed by atoms with E-state index in [1.165, 1.54) is 18.6 Å². The minimum absolute atomic E-state index is 0.390. The van der Waals surface area contributed by atoms with Gasteiger partial charge >= 0.3 is 0 Å². The van der Waals surface area contributed by atoms with E-state index in [0.29, 0.717) is 10.8 Å². The summed E-state index contributed by atoms with van der Waals surface area (Å²) in [4.78, 5) is 0. The average molecular weight is 217 g/mol. The predicted molar refractivity (Wildman–Crippen MR) is 69.1 cm³/mol. The highest BCUT2D eigenvalue weighted by atomic mass is 32.2. The summed E-state index contributed by atoms with van der Waals surface area (Å²) in [7, 11) is 2.08. The molecule has 14 heavy (non-hydrogen) atoms. The molecule has 0 heterocycles. The van der Waals surface area contributed by atoms with Crippen molar-refractivity contribution in [2.45, 2.75) is 58.2 Å². The lowest BCUT2D eigenvalue weighted by Gasteiger charge is -2.26. The molecule has 0 bridgehead atoms. The van der Waals surface area contributed by atoms with E-state index in [2.05, 4.69) is 58.7 Å². The molecule has 1 nitrogen and oxygen atoms in total. The van der Waals surface area contributed by atoms with Gasteiger partial charge in [0.2, 0.25) is 0 Å². The van der Waals surface area contributed by atoms with E-state index >= 15 is 0 Å². The quantitative estimate of drug-likeness (QED) is 0.730. The fourth-order valence-corrected chi connectivity index (χ4v) is 2.70. The second kappa shape index (κ2) is 6.73. The molecular weight excluding hydrogens is 190 g/mol. The molecular formula is C12H27NS. The molecule has 0 aromatic heterocycles. The third-order valence-corrected chi connectivity index (χ3v) is 3.89. The van der Waals surface area contributed by atoms with Crippen molar-refractivity contribution in [1.82, 2.24) is 5.32 Å². The summed E-state index contributed by atoms with van der Waals surface area (Å²) in [6, 6.07) is 0.666. The zero-order chi connectivity index (χ0) is 11.2. The van der Waals surface area contributed by atoms with E-state index in [1.54, 1.807) is 0 Å². The van der Waals surface area contributed by atoms with Crippen LogP contribution in [0.5, 0.6) is 0 Å². The Hall–Kier alpha value is 0.310. The molecule has 0 amide bonds. The topological polar surface area (TPSA) is 12.0 Å². The van der Waals surface area contributed by atoms with Gasteiger partial charge in [-0.15, -0.1) is 0 Å². The van der Waals surface area contributed by atoms with Crippen molar-refractivity contribution < 1.29 is 0 Å². The Morgan fingerprint density at radius 3 is 2.21 bits per heavy atom. The summed E-state index contributed by atoms with van der Waals surface area (Å²) < 4.78 is 0.390. The standard InChI is InChI=1S/C12H27NS/c1-7-8-10(2)11(13-6)9-14-12(3,4)5/h10-11,13H,7-9H2,1-6H3. The molecule has 2 unspecified atom stereocenters. The van der Waals surface area contributed by atoms with Crippen molar-refractivity contribution >= 4 is 11.8 Å². The van der Waals surface area contributed by atoms with Crippen molar-refractivity contribution in [2.75, 3.05) is 12.8 Å². The molecule has 2 heteroatoms. The molecule has 0 spiro atoms. The second-order valence-electron chi connectivity index (χ2n) is 5.08. The second-order valence-corrected chi connectivity index (χ2v) is 6.93. The first-order valence-corrected chi connectivity index (χ1v) is 6.70. The Bertz CT molecular complexity index is 140. The molecule has 86 valence electrons. The van der Waals surface area contributed by atoms with Crippen LogP contribution in [0.2, 0.25) is 0 Å². The minimum Gasteiger partial charge on any atom is -0.316 e. The van der Waals surface area contributed by atoms with E-state index in [1.807, 2.05) is 0 Å². The molecule has 0 saturated carbocycles. The van der Waals surface area contributed by atoms with Gasteiger partial charge in [-0.2, -0.15) is 11.8 Å². The van der Waals surface area contributed by atoms with Crippen LogP contribution < -0.4 is 5.32 Å². The monoisotopic (exact) mass is 217 g/mol. The smallest absolute Gasteiger partial charge is 0.0181 e. The lowest BCUT2D eigenvalue weighted by atomic mass is 9.98. The number of nitrogens with one attached hydrogen (secondary N) is 1. The van der Waals surface area contributed by atoms with Crippen LogP contribution in [0.4, 0.5) is 0 Å². The van der Waals surface area contributed by atoms with E-state index in [0.717, 1.165) is 5.92 Å². The number of thioether (sulfide) groups is 1. The molecule has 2 atom stereocenters. The van der Waals surface area contributed by atoms with Gasteiger partial charge in [0.05, 0.1) is 0 Å². The maximum Gasteiger partial charge on any atom is 0.0181 e. The van der Waals surface area contributed by atoms with Crippen molar-refractivity contribution in [1.29, 1.82) is 0 Å². The zero-order valence-electron chi connectivity index (χ0n) is 10.7. The van der Waals surface area contributed by atoms with Crippen LogP contribution in [0.25, 0.3) is 0 Å². The van der Waals surface area contributed by atoms with Gasteiger partial charge in [-0.05, 0) is 19.4 Å². The predicted octanol–water partition coefficient (Wildman–Crippen LogP) is 3.54. The minimum atomic E-state index is 0.390. The van der Waals surface area contributed by atoms with Gasteiger partial charge in [0.15, 0.2) is 0 Å². The Morgan fingerprint density at radius 2 is 1.86 bits per heavy atom. The zero-order valence-corrected chi connectivity index (χ0v) is 11.5. The summed E-state index contributed by atoms with van der Waals surface area (Å²) in [6.45, 7) is 11.5. The van der Waals surface area contributed by atoms with Gasteiger partial charge in [-0.3, -0.25) is 0 Å². The molecule has 0 fully saturated rings. The first-order valence-electron chi connectivity index (χ1n) is 5.72. The lowest BCUT2D eigenvalue weighted by Crippen LogP contribution is -2.35. The van der Waals surface area contributed by atoms with Crippen LogP contribution in [0.15, 0.2) is 0 Å². The first kappa shape index (κ1) is 14.3. The fraction of sp³-hybridized carbons (Fsp3) is 1.00. The fourth-order valence-electron chi connectivity index (χ4n) is 1.53. The van der Waals surface area contributed by atoms with Crippen molar-refractivity contribution in [2.24, 2.45) is 5.92 Å². The molecule has 0 rings (SSSR count). The molecule has 0 aromatic carbocycles. The highest BCUT2D eigenvalue weighted by Crippen LogP contribution is 2.26. The Kier molecular flexibility index (Phi) is 6.88. The summed E-state index contributed by atoms with van der Waals surface area (Å²) in [5.41, 5.74) is 0. The van der Waals surface area contributed by atoms with Gasteiger partial charge in [0.1, 0.15) is 0 Å². The highest BCUT2D eigenvalue weighted by molar-refractivity contribution is 8.00. The molecule has 0 radical (unpaired) electrons. The van der Waals surface area contributed by atoms with Crippen molar-refractivity contribution in [3.8, 4) is 0 Å². The third kappa shape index (κ3) is 6.72. The van der Waals surface area contributed by atoms with Gasteiger partial charge in [-0.1, -0.05) is 41.0 Å². The van der Waals surface area contributed by atoms with Crippen molar-refractivity contribution in [3.05, 3.63) is 0 Å². The van der Waals surface area contributed by atoms with Crippen LogP contribution in [-0.2, 0) is 0 Å². The normalized spacial score (nSPS) is 16.7. The van der Waals surface area contributed by atoms with E-state index in [4.69, 9.17) is 0 Å². The SMILES string of the molecule is CCCC(C)C(CSC(C)(C)C)NC. The Morgan fingerprint density at radius 1 is 1.29 bits per heavy atom. The van der Waals surface area contributed by atoms with Crippen LogP contribution in [0.1, 0.15) is 47.5 Å². The maximum atomic E-state index is 3.44. The molecule has 0 aliphatic heterocycles. The molecule has 0 aliphatic rings.